The van der Waals surface area contributed by atoms with Crippen molar-refractivity contribution < 1.29 is 21.6 Å². The summed E-state index contributed by atoms with van der Waals surface area (Å²) in [5.41, 5.74) is 0.302. The van der Waals surface area contributed by atoms with E-state index in [4.69, 9.17) is 23.2 Å². The Morgan fingerprint density at radius 3 is 2.18 bits per heavy atom. The molecule has 1 aromatic heterocycles. The second-order valence-corrected chi connectivity index (χ2v) is 8.13. The van der Waals surface area contributed by atoms with Gasteiger partial charge in [-0.25, -0.2) is 13.4 Å². The smallest absolute Gasteiger partial charge is 0.263 e. The van der Waals surface area contributed by atoms with E-state index in [1.54, 1.807) is 24.3 Å². The summed E-state index contributed by atoms with van der Waals surface area (Å²) in [7, 11) is -4.09. The third-order valence-electron chi connectivity index (χ3n) is 3.76. The van der Waals surface area contributed by atoms with Crippen molar-refractivity contribution in [2.75, 3.05) is 4.72 Å². The van der Waals surface area contributed by atoms with Crippen LogP contribution in [-0.4, -0.2) is 13.4 Å². The number of hydrogen-bond acceptors (Lipinski definition) is 3. The van der Waals surface area contributed by atoms with Gasteiger partial charge >= 0.3 is 6.18 Å². The van der Waals surface area contributed by atoms with Crippen LogP contribution in [-0.2, 0) is 16.2 Å². The summed E-state index contributed by atoms with van der Waals surface area (Å²) in [6.45, 7) is 0. The van der Waals surface area contributed by atoms with Crippen LogP contribution >= 0.6 is 23.2 Å². The minimum Gasteiger partial charge on any atom is -0.263 e. The molecule has 0 aliphatic heterocycles. The standard InChI is InChI=1S/C18H11Cl2F3N2O2S/c19-15-3-1-2-14(17(15)20)11-4-9-16(24-10-11)25-28(26,27)13-7-5-12(6-8-13)18(21,22)23/h1-10H,(H,24,25). The molecule has 0 spiro atoms. The number of benzene rings is 2. The van der Waals surface area contributed by atoms with Crippen molar-refractivity contribution in [3.05, 3.63) is 76.4 Å². The van der Waals surface area contributed by atoms with Gasteiger partial charge in [0.1, 0.15) is 5.82 Å². The van der Waals surface area contributed by atoms with Gasteiger partial charge in [-0.2, -0.15) is 13.2 Å². The summed E-state index contributed by atoms with van der Waals surface area (Å²) in [5, 5.41) is 0.704. The van der Waals surface area contributed by atoms with Crippen molar-refractivity contribution in [2.45, 2.75) is 11.1 Å². The highest BCUT2D eigenvalue weighted by molar-refractivity contribution is 7.92. The topological polar surface area (TPSA) is 59.1 Å². The quantitative estimate of drug-likeness (QED) is 0.544. The van der Waals surface area contributed by atoms with Gasteiger partial charge in [0.05, 0.1) is 20.5 Å². The van der Waals surface area contributed by atoms with Crippen molar-refractivity contribution in [1.82, 2.24) is 4.98 Å². The van der Waals surface area contributed by atoms with Crippen molar-refractivity contribution in [2.24, 2.45) is 0 Å². The minimum atomic E-state index is -4.55. The van der Waals surface area contributed by atoms with Crippen molar-refractivity contribution >= 4 is 39.0 Å². The molecule has 1 N–H and O–H groups in total. The summed E-state index contributed by atoms with van der Waals surface area (Å²) < 4.78 is 64.7. The van der Waals surface area contributed by atoms with Crippen LogP contribution in [0.15, 0.2) is 65.7 Å². The SMILES string of the molecule is O=S(=O)(Nc1ccc(-c2cccc(Cl)c2Cl)cn1)c1ccc(C(F)(F)F)cc1. The van der Waals surface area contributed by atoms with Gasteiger partial charge in [-0.3, -0.25) is 4.72 Å². The summed E-state index contributed by atoms with van der Waals surface area (Å²) in [6, 6.07) is 11.2. The zero-order chi connectivity index (χ0) is 20.5. The molecule has 28 heavy (non-hydrogen) atoms. The first-order chi connectivity index (χ1) is 13.1. The van der Waals surface area contributed by atoms with Crippen LogP contribution < -0.4 is 4.72 Å². The zero-order valence-corrected chi connectivity index (χ0v) is 16.2. The Balaban J connectivity index is 1.82. The van der Waals surface area contributed by atoms with E-state index in [1.807, 2.05) is 0 Å². The molecule has 10 heteroatoms. The molecule has 1 heterocycles. The van der Waals surface area contributed by atoms with Crippen LogP contribution in [0.1, 0.15) is 5.56 Å². The molecule has 0 unspecified atom stereocenters. The summed E-state index contributed by atoms with van der Waals surface area (Å²) in [6.07, 6.45) is -3.14. The fourth-order valence-corrected chi connectivity index (χ4v) is 3.78. The molecule has 3 aromatic rings. The molecular weight excluding hydrogens is 436 g/mol. The first kappa shape index (κ1) is 20.4. The minimum absolute atomic E-state index is 0.00167. The number of anilines is 1. The van der Waals surface area contributed by atoms with Gasteiger partial charge in [0, 0.05) is 17.3 Å². The molecule has 4 nitrogen and oxygen atoms in total. The highest BCUT2D eigenvalue weighted by Gasteiger charge is 2.30. The fourth-order valence-electron chi connectivity index (χ4n) is 2.36. The van der Waals surface area contributed by atoms with Gasteiger partial charge in [0.25, 0.3) is 10.0 Å². The number of aromatic nitrogens is 1. The van der Waals surface area contributed by atoms with E-state index in [0.29, 0.717) is 33.3 Å². The third-order valence-corrected chi connectivity index (χ3v) is 5.95. The third kappa shape index (κ3) is 4.40. The number of halogens is 5. The van der Waals surface area contributed by atoms with Crippen molar-refractivity contribution in [3.63, 3.8) is 0 Å². The van der Waals surface area contributed by atoms with Gasteiger partial charge in [-0.15, -0.1) is 0 Å². The molecule has 0 aliphatic carbocycles. The number of nitrogens with one attached hydrogen (secondary N) is 1. The largest absolute Gasteiger partial charge is 0.416 e. The Bertz CT molecular complexity index is 1100. The Morgan fingerprint density at radius 2 is 1.61 bits per heavy atom. The monoisotopic (exact) mass is 446 g/mol. The van der Waals surface area contributed by atoms with Crippen molar-refractivity contribution in [3.8, 4) is 11.1 Å². The van der Waals surface area contributed by atoms with Gasteiger partial charge in [-0.05, 0) is 42.5 Å². The number of rotatable bonds is 4. The lowest BCUT2D eigenvalue weighted by Crippen LogP contribution is -2.14. The first-order valence-electron chi connectivity index (χ1n) is 7.68. The predicted octanol–water partition coefficient (Wildman–Crippen LogP) is 5.88. The fraction of sp³-hybridized carbons (Fsp3) is 0.0556. The molecule has 0 saturated carbocycles. The Hall–Kier alpha value is -2.29. The number of pyridine rings is 1. The van der Waals surface area contributed by atoms with Gasteiger partial charge in [0.2, 0.25) is 0 Å². The highest BCUT2D eigenvalue weighted by atomic mass is 35.5. The maximum Gasteiger partial charge on any atom is 0.416 e. The molecule has 0 atom stereocenters. The second kappa shape index (κ2) is 7.62. The average Bonchev–Trinajstić information content (AvgIpc) is 2.64. The van der Waals surface area contributed by atoms with Crippen molar-refractivity contribution in [1.29, 1.82) is 0 Å². The molecule has 146 valence electrons. The van der Waals surface area contributed by atoms with Gasteiger partial charge in [-0.1, -0.05) is 35.3 Å². The van der Waals surface area contributed by atoms with Crippen LogP contribution in [0.25, 0.3) is 11.1 Å². The van der Waals surface area contributed by atoms with Gasteiger partial charge in [0.15, 0.2) is 0 Å². The molecule has 0 saturated heterocycles. The van der Waals surface area contributed by atoms with Crippen LogP contribution in [0.5, 0.6) is 0 Å². The zero-order valence-electron chi connectivity index (χ0n) is 13.8. The van der Waals surface area contributed by atoms with E-state index in [1.165, 1.54) is 12.3 Å². The lowest BCUT2D eigenvalue weighted by Gasteiger charge is -2.10. The number of alkyl halides is 3. The highest BCUT2D eigenvalue weighted by Crippen LogP contribution is 2.33. The van der Waals surface area contributed by atoms with Gasteiger partial charge < -0.3 is 0 Å². The summed E-state index contributed by atoms with van der Waals surface area (Å²) >= 11 is 12.1. The van der Waals surface area contributed by atoms with E-state index >= 15 is 0 Å². The Kier molecular flexibility index (Phi) is 5.56. The maximum absolute atomic E-state index is 12.6. The summed E-state index contributed by atoms with van der Waals surface area (Å²) in [5.74, 6) is 0.00167. The Labute approximate surface area is 169 Å². The molecule has 0 fully saturated rings. The average molecular weight is 447 g/mol. The second-order valence-electron chi connectivity index (χ2n) is 5.66. The van der Waals surface area contributed by atoms with Crippen LogP contribution in [0.3, 0.4) is 0 Å². The molecule has 0 radical (unpaired) electrons. The molecule has 0 bridgehead atoms. The molecular formula is C18H11Cl2F3N2O2S. The number of sulfonamides is 1. The first-order valence-corrected chi connectivity index (χ1v) is 9.92. The van der Waals surface area contributed by atoms with Crippen LogP contribution in [0.4, 0.5) is 19.0 Å². The predicted molar refractivity (Wildman–Crippen MR) is 102 cm³/mol. The molecule has 0 amide bonds. The Morgan fingerprint density at radius 1 is 0.929 bits per heavy atom. The lowest BCUT2D eigenvalue weighted by atomic mass is 10.1. The molecule has 3 rings (SSSR count). The lowest BCUT2D eigenvalue weighted by molar-refractivity contribution is -0.137. The maximum atomic E-state index is 12.6. The number of nitrogens with zero attached hydrogens (tertiary/aromatic N) is 1. The van der Waals surface area contributed by atoms with Crippen LogP contribution in [0, 0.1) is 0 Å². The summed E-state index contributed by atoms with van der Waals surface area (Å²) in [4.78, 5) is 3.71. The van der Waals surface area contributed by atoms with E-state index in [0.717, 1.165) is 12.1 Å². The number of hydrogen-bond donors (Lipinski definition) is 1. The van der Waals surface area contributed by atoms with E-state index in [2.05, 4.69) is 9.71 Å². The molecule has 0 aliphatic rings. The van der Waals surface area contributed by atoms with Crippen LogP contribution in [0.2, 0.25) is 10.0 Å². The van der Waals surface area contributed by atoms with E-state index in [9.17, 15) is 21.6 Å². The normalized spacial score (nSPS) is 12.0. The van der Waals surface area contributed by atoms with E-state index in [-0.39, 0.29) is 10.7 Å². The van der Waals surface area contributed by atoms with E-state index < -0.39 is 21.8 Å². The molecule has 2 aromatic carbocycles.